The van der Waals surface area contributed by atoms with Crippen molar-refractivity contribution in [3.63, 3.8) is 0 Å². The van der Waals surface area contributed by atoms with Crippen molar-refractivity contribution >= 4 is 31.6 Å². The summed E-state index contributed by atoms with van der Waals surface area (Å²) < 4.78 is 70.9. The highest BCUT2D eigenvalue weighted by Crippen LogP contribution is 2.32. The van der Waals surface area contributed by atoms with Crippen molar-refractivity contribution in [3.8, 4) is 11.5 Å². The van der Waals surface area contributed by atoms with Crippen LogP contribution in [0.25, 0.3) is 0 Å². The van der Waals surface area contributed by atoms with Crippen molar-refractivity contribution in [2.45, 2.75) is 23.1 Å². The van der Waals surface area contributed by atoms with Crippen LogP contribution >= 0.6 is 0 Å². The first kappa shape index (κ1) is 21.0. The van der Waals surface area contributed by atoms with Gasteiger partial charge in [0.25, 0.3) is 20.0 Å². The zero-order valence-corrected chi connectivity index (χ0v) is 18.0. The molecule has 0 saturated heterocycles. The Morgan fingerprint density at radius 1 is 0.806 bits per heavy atom. The molecule has 10 nitrogen and oxygen atoms in total. The fourth-order valence-electron chi connectivity index (χ4n) is 2.84. The van der Waals surface area contributed by atoms with Gasteiger partial charge in [0.05, 0.1) is 23.0 Å². The van der Waals surface area contributed by atoms with Gasteiger partial charge in [-0.3, -0.25) is 9.44 Å². The molecule has 0 atom stereocenters. The molecule has 2 aromatic carbocycles. The Morgan fingerprint density at radius 2 is 1.45 bits per heavy atom. The van der Waals surface area contributed by atoms with Gasteiger partial charge in [-0.25, -0.2) is 16.8 Å². The maximum absolute atomic E-state index is 12.7. The largest absolute Gasteiger partial charge is 0.490 e. The number of benzene rings is 2. The van der Waals surface area contributed by atoms with Gasteiger partial charge in [-0.05, 0) is 43.3 Å². The lowest BCUT2D eigenvalue weighted by atomic mass is 10.3. The molecule has 31 heavy (non-hydrogen) atoms. The van der Waals surface area contributed by atoms with E-state index in [1.807, 2.05) is 0 Å². The van der Waals surface area contributed by atoms with Gasteiger partial charge >= 0.3 is 0 Å². The van der Waals surface area contributed by atoms with Gasteiger partial charge < -0.3 is 14.0 Å². The molecular formula is C19H19N3O7S2. The summed E-state index contributed by atoms with van der Waals surface area (Å²) in [6.45, 7) is 2.56. The third kappa shape index (κ3) is 4.75. The lowest BCUT2D eigenvalue weighted by Crippen LogP contribution is -2.15. The SMILES string of the molecule is Cc1cc(NS(=O)(=O)c2ccc(NS(=O)(=O)c3ccc4c(c3)OCCCO4)cc2)no1. The summed E-state index contributed by atoms with van der Waals surface area (Å²) in [5.41, 5.74) is 0.198. The van der Waals surface area contributed by atoms with Gasteiger partial charge in [-0.1, -0.05) is 5.16 Å². The smallest absolute Gasteiger partial charge is 0.263 e. The van der Waals surface area contributed by atoms with Crippen LogP contribution in [0.4, 0.5) is 11.5 Å². The minimum absolute atomic E-state index is 0.00323. The summed E-state index contributed by atoms with van der Waals surface area (Å²) in [6.07, 6.45) is 0.704. The number of aromatic nitrogens is 1. The van der Waals surface area contributed by atoms with E-state index in [9.17, 15) is 16.8 Å². The van der Waals surface area contributed by atoms with Crippen LogP contribution in [0.2, 0.25) is 0 Å². The lowest BCUT2D eigenvalue weighted by Gasteiger charge is -2.12. The van der Waals surface area contributed by atoms with Crippen LogP contribution in [0.3, 0.4) is 0 Å². The van der Waals surface area contributed by atoms with Crippen molar-refractivity contribution in [2.24, 2.45) is 0 Å². The zero-order chi connectivity index (χ0) is 22.1. The number of nitrogens with one attached hydrogen (secondary N) is 2. The Morgan fingerprint density at radius 3 is 2.13 bits per heavy atom. The minimum Gasteiger partial charge on any atom is -0.490 e. The number of anilines is 2. The fraction of sp³-hybridized carbons (Fsp3) is 0.211. The predicted octanol–water partition coefficient (Wildman–Crippen LogP) is 2.75. The number of sulfonamides is 2. The number of aryl methyl sites for hydroxylation is 1. The average molecular weight is 466 g/mol. The summed E-state index contributed by atoms with van der Waals surface area (Å²) in [6, 6.07) is 11.1. The van der Waals surface area contributed by atoms with Crippen molar-refractivity contribution in [1.82, 2.24) is 5.16 Å². The summed E-state index contributed by atoms with van der Waals surface area (Å²) in [5, 5.41) is 3.59. The molecular weight excluding hydrogens is 446 g/mol. The van der Waals surface area contributed by atoms with Crippen molar-refractivity contribution in [2.75, 3.05) is 22.7 Å². The van der Waals surface area contributed by atoms with Gasteiger partial charge in [0, 0.05) is 24.2 Å². The summed E-state index contributed by atoms with van der Waals surface area (Å²) in [5.74, 6) is 1.35. The molecule has 1 aromatic heterocycles. The maximum Gasteiger partial charge on any atom is 0.263 e. The highest BCUT2D eigenvalue weighted by atomic mass is 32.2. The van der Waals surface area contributed by atoms with E-state index in [0.29, 0.717) is 36.9 Å². The molecule has 1 aliphatic heterocycles. The predicted molar refractivity (Wildman–Crippen MR) is 111 cm³/mol. The van der Waals surface area contributed by atoms with Crippen LogP contribution < -0.4 is 18.9 Å². The molecule has 2 N–H and O–H groups in total. The molecule has 12 heteroatoms. The summed E-state index contributed by atoms with van der Waals surface area (Å²) >= 11 is 0. The quantitative estimate of drug-likeness (QED) is 0.567. The first-order chi connectivity index (χ1) is 14.7. The Kier molecular flexibility index (Phi) is 5.50. The number of fused-ring (bicyclic) bond motifs is 1. The molecule has 2 heterocycles. The molecule has 0 bridgehead atoms. The van der Waals surface area contributed by atoms with Crippen molar-refractivity contribution in [3.05, 3.63) is 54.3 Å². The minimum atomic E-state index is -3.93. The van der Waals surface area contributed by atoms with Crippen LogP contribution in [-0.2, 0) is 20.0 Å². The molecule has 3 aromatic rings. The Labute approximate surface area is 179 Å². The molecule has 164 valence electrons. The van der Waals surface area contributed by atoms with Crippen LogP contribution in [0.5, 0.6) is 11.5 Å². The third-order valence-electron chi connectivity index (χ3n) is 4.31. The molecule has 0 radical (unpaired) electrons. The molecule has 0 spiro atoms. The summed E-state index contributed by atoms with van der Waals surface area (Å²) in [4.78, 5) is -0.0665. The normalized spacial score (nSPS) is 14.0. The standard InChI is InChI=1S/C19H19N3O7S2/c1-13-11-19(20-29-13)22-30(23,24)15-5-3-14(4-6-15)21-31(25,26)16-7-8-17-18(12-16)28-10-2-9-27-17/h3-8,11-12,21H,2,9-10H2,1H3,(H,20,22). The molecule has 0 fully saturated rings. The number of rotatable bonds is 6. The number of ether oxygens (including phenoxy) is 2. The maximum atomic E-state index is 12.7. The first-order valence-electron chi connectivity index (χ1n) is 9.22. The van der Waals surface area contributed by atoms with E-state index in [1.165, 1.54) is 42.5 Å². The second-order valence-corrected chi connectivity index (χ2v) is 10.1. The number of hydrogen-bond donors (Lipinski definition) is 2. The number of hydrogen-bond acceptors (Lipinski definition) is 8. The van der Waals surface area contributed by atoms with E-state index in [1.54, 1.807) is 13.0 Å². The van der Waals surface area contributed by atoms with Gasteiger partial charge in [-0.2, -0.15) is 0 Å². The van der Waals surface area contributed by atoms with Gasteiger partial charge in [0.2, 0.25) is 0 Å². The molecule has 1 aliphatic rings. The molecule has 0 unspecified atom stereocenters. The molecule has 4 rings (SSSR count). The van der Waals surface area contributed by atoms with E-state index in [4.69, 9.17) is 14.0 Å². The van der Waals surface area contributed by atoms with E-state index in [2.05, 4.69) is 14.6 Å². The van der Waals surface area contributed by atoms with E-state index in [0.717, 1.165) is 0 Å². The highest BCUT2D eigenvalue weighted by Gasteiger charge is 2.20. The summed E-state index contributed by atoms with van der Waals surface area (Å²) in [7, 11) is -7.83. The van der Waals surface area contributed by atoms with Gasteiger partial charge in [0.15, 0.2) is 17.3 Å². The third-order valence-corrected chi connectivity index (χ3v) is 7.06. The Bertz CT molecular complexity index is 1300. The molecule has 0 aliphatic carbocycles. The van der Waals surface area contributed by atoms with Gasteiger partial charge in [-0.15, -0.1) is 0 Å². The first-order valence-corrected chi connectivity index (χ1v) is 12.2. The van der Waals surface area contributed by atoms with E-state index < -0.39 is 20.0 Å². The Hall–Kier alpha value is -3.25. The van der Waals surface area contributed by atoms with Crippen LogP contribution in [0.15, 0.2) is 62.8 Å². The topological polar surface area (TPSA) is 137 Å². The van der Waals surface area contributed by atoms with E-state index in [-0.39, 0.29) is 21.3 Å². The number of nitrogens with zero attached hydrogens (tertiary/aromatic N) is 1. The van der Waals surface area contributed by atoms with Crippen molar-refractivity contribution < 1.29 is 30.8 Å². The van der Waals surface area contributed by atoms with Gasteiger partial charge in [0.1, 0.15) is 5.76 Å². The van der Waals surface area contributed by atoms with Crippen LogP contribution in [0.1, 0.15) is 12.2 Å². The fourth-order valence-corrected chi connectivity index (χ4v) is 4.90. The average Bonchev–Trinajstić information content (AvgIpc) is 2.98. The Balaban J connectivity index is 1.51. The highest BCUT2D eigenvalue weighted by molar-refractivity contribution is 7.93. The second kappa shape index (κ2) is 8.12. The van der Waals surface area contributed by atoms with Crippen LogP contribution in [0, 0.1) is 6.92 Å². The zero-order valence-electron chi connectivity index (χ0n) is 16.4. The van der Waals surface area contributed by atoms with Crippen molar-refractivity contribution in [1.29, 1.82) is 0 Å². The molecule has 0 amide bonds. The molecule has 0 saturated carbocycles. The second-order valence-electron chi connectivity index (χ2n) is 6.72. The monoisotopic (exact) mass is 465 g/mol. The van der Waals surface area contributed by atoms with E-state index >= 15 is 0 Å². The van der Waals surface area contributed by atoms with Crippen LogP contribution in [-0.4, -0.2) is 35.2 Å². The lowest BCUT2D eigenvalue weighted by molar-refractivity contribution is 0.297.